The molecule has 1 fully saturated rings. The minimum absolute atomic E-state index is 0.551. The summed E-state index contributed by atoms with van der Waals surface area (Å²) in [4.78, 5) is 8.74. The van der Waals surface area contributed by atoms with E-state index in [1.807, 2.05) is 7.05 Å². The average Bonchev–Trinajstić information content (AvgIpc) is 2.79. The molecule has 0 radical (unpaired) electrons. The first kappa shape index (κ1) is 14.1. The molecule has 0 saturated heterocycles. The summed E-state index contributed by atoms with van der Waals surface area (Å²) in [5.41, 5.74) is 1.19. The molecular formula is C15H26N4. The Hall–Kier alpha value is -1.32. The fourth-order valence-electron chi connectivity index (χ4n) is 3.29. The quantitative estimate of drug-likeness (QED) is 0.854. The van der Waals surface area contributed by atoms with Crippen LogP contribution in [0.25, 0.3) is 0 Å². The topological polar surface area (TPSA) is 49.8 Å². The number of aromatic nitrogens is 2. The second-order valence-electron chi connectivity index (χ2n) is 5.51. The van der Waals surface area contributed by atoms with Crippen molar-refractivity contribution in [1.82, 2.24) is 9.97 Å². The molecule has 2 rings (SSSR count). The molecule has 0 aromatic carbocycles. The van der Waals surface area contributed by atoms with E-state index in [1.54, 1.807) is 6.33 Å². The molecule has 0 amide bonds. The Kier molecular flexibility index (Phi) is 4.61. The van der Waals surface area contributed by atoms with Crippen LogP contribution in [-0.4, -0.2) is 23.1 Å². The Labute approximate surface area is 116 Å². The summed E-state index contributed by atoms with van der Waals surface area (Å²) >= 11 is 0. The Morgan fingerprint density at radius 3 is 2.53 bits per heavy atom. The van der Waals surface area contributed by atoms with Crippen LogP contribution in [-0.2, 0) is 6.42 Å². The molecule has 2 N–H and O–H groups in total. The Morgan fingerprint density at radius 1 is 1.21 bits per heavy atom. The van der Waals surface area contributed by atoms with Gasteiger partial charge in [-0.3, -0.25) is 0 Å². The van der Waals surface area contributed by atoms with Crippen molar-refractivity contribution in [3.05, 3.63) is 11.9 Å². The van der Waals surface area contributed by atoms with Crippen LogP contribution in [0, 0.1) is 11.8 Å². The zero-order valence-electron chi connectivity index (χ0n) is 12.5. The summed E-state index contributed by atoms with van der Waals surface area (Å²) in [6.07, 6.45) is 6.45. The van der Waals surface area contributed by atoms with Crippen LogP contribution in [0.1, 0.15) is 45.6 Å². The van der Waals surface area contributed by atoms with Gasteiger partial charge in [-0.05, 0) is 31.1 Å². The van der Waals surface area contributed by atoms with Crippen LogP contribution in [0.4, 0.5) is 11.6 Å². The molecule has 19 heavy (non-hydrogen) atoms. The number of nitrogens with zero attached hydrogens (tertiary/aromatic N) is 2. The van der Waals surface area contributed by atoms with Gasteiger partial charge >= 0.3 is 0 Å². The van der Waals surface area contributed by atoms with Crippen LogP contribution in [0.3, 0.4) is 0 Å². The van der Waals surface area contributed by atoms with Gasteiger partial charge in [-0.15, -0.1) is 0 Å². The van der Waals surface area contributed by atoms with E-state index in [2.05, 4.69) is 41.4 Å². The Bertz CT molecular complexity index is 419. The fraction of sp³-hybridized carbons (Fsp3) is 0.733. The molecule has 4 nitrogen and oxygen atoms in total. The van der Waals surface area contributed by atoms with Gasteiger partial charge in [-0.25, -0.2) is 9.97 Å². The van der Waals surface area contributed by atoms with Crippen LogP contribution in [0.5, 0.6) is 0 Å². The van der Waals surface area contributed by atoms with Crippen molar-refractivity contribution in [2.24, 2.45) is 11.8 Å². The summed E-state index contributed by atoms with van der Waals surface area (Å²) in [6.45, 7) is 6.81. The number of nitrogens with one attached hydrogen (secondary N) is 2. The Morgan fingerprint density at radius 2 is 1.95 bits per heavy atom. The van der Waals surface area contributed by atoms with Gasteiger partial charge in [0.15, 0.2) is 0 Å². The van der Waals surface area contributed by atoms with E-state index < -0.39 is 0 Å². The monoisotopic (exact) mass is 262 g/mol. The van der Waals surface area contributed by atoms with Crippen molar-refractivity contribution in [3.63, 3.8) is 0 Å². The number of rotatable bonds is 5. The molecule has 3 unspecified atom stereocenters. The van der Waals surface area contributed by atoms with Crippen LogP contribution < -0.4 is 10.6 Å². The van der Waals surface area contributed by atoms with Crippen molar-refractivity contribution in [3.8, 4) is 0 Å². The maximum absolute atomic E-state index is 4.44. The standard InChI is InChI=1S/C15H26N4/c1-5-11-7-8-13(10(11)3)19-15-12(6-2)14(16-4)17-9-18-15/h9-11,13H,5-8H2,1-4H3,(H2,16,17,18,19). The highest BCUT2D eigenvalue weighted by molar-refractivity contribution is 5.57. The van der Waals surface area contributed by atoms with Gasteiger partial charge in [0.1, 0.15) is 18.0 Å². The molecule has 1 saturated carbocycles. The second-order valence-corrected chi connectivity index (χ2v) is 5.51. The molecule has 1 aliphatic rings. The maximum Gasteiger partial charge on any atom is 0.134 e. The van der Waals surface area contributed by atoms with Gasteiger partial charge in [-0.2, -0.15) is 0 Å². The van der Waals surface area contributed by atoms with E-state index in [0.29, 0.717) is 6.04 Å². The summed E-state index contributed by atoms with van der Waals surface area (Å²) in [5, 5.41) is 6.81. The van der Waals surface area contributed by atoms with Gasteiger partial charge in [0.05, 0.1) is 0 Å². The van der Waals surface area contributed by atoms with Gasteiger partial charge in [0.2, 0.25) is 0 Å². The zero-order chi connectivity index (χ0) is 13.8. The first-order chi connectivity index (χ1) is 9.21. The predicted octanol–water partition coefficient (Wildman–Crippen LogP) is 3.32. The molecule has 1 heterocycles. The molecule has 3 atom stereocenters. The normalized spacial score (nSPS) is 26.4. The highest BCUT2D eigenvalue weighted by Gasteiger charge is 2.32. The highest BCUT2D eigenvalue weighted by atomic mass is 15.1. The van der Waals surface area contributed by atoms with Crippen LogP contribution in [0.2, 0.25) is 0 Å². The lowest BCUT2D eigenvalue weighted by Gasteiger charge is -2.23. The summed E-state index contributed by atoms with van der Waals surface area (Å²) in [6, 6.07) is 0.551. The van der Waals surface area contributed by atoms with Gasteiger partial charge in [-0.1, -0.05) is 27.2 Å². The molecule has 0 bridgehead atoms. The minimum atomic E-state index is 0.551. The van der Waals surface area contributed by atoms with Gasteiger partial charge in [0.25, 0.3) is 0 Å². The smallest absolute Gasteiger partial charge is 0.134 e. The van der Waals surface area contributed by atoms with E-state index in [9.17, 15) is 0 Å². The summed E-state index contributed by atoms with van der Waals surface area (Å²) in [7, 11) is 1.91. The molecule has 4 heteroatoms. The largest absolute Gasteiger partial charge is 0.373 e. The van der Waals surface area contributed by atoms with E-state index in [4.69, 9.17) is 0 Å². The molecule has 1 aromatic heterocycles. The summed E-state index contributed by atoms with van der Waals surface area (Å²) < 4.78 is 0. The first-order valence-electron chi connectivity index (χ1n) is 7.49. The van der Waals surface area contributed by atoms with E-state index >= 15 is 0 Å². The van der Waals surface area contributed by atoms with Crippen LogP contribution >= 0.6 is 0 Å². The second kappa shape index (κ2) is 6.22. The van der Waals surface area contributed by atoms with Crippen molar-refractivity contribution in [2.45, 2.75) is 52.5 Å². The minimum Gasteiger partial charge on any atom is -0.373 e. The molecule has 1 aliphatic carbocycles. The third kappa shape index (κ3) is 2.82. The summed E-state index contributed by atoms with van der Waals surface area (Å²) in [5.74, 6) is 3.53. The lowest BCUT2D eigenvalue weighted by molar-refractivity contribution is 0.391. The predicted molar refractivity (Wildman–Crippen MR) is 80.5 cm³/mol. The lowest BCUT2D eigenvalue weighted by Crippen LogP contribution is -2.26. The average molecular weight is 262 g/mol. The third-order valence-electron chi connectivity index (χ3n) is 4.61. The first-order valence-corrected chi connectivity index (χ1v) is 7.49. The lowest BCUT2D eigenvalue weighted by atomic mass is 9.93. The highest BCUT2D eigenvalue weighted by Crippen LogP contribution is 2.36. The van der Waals surface area contributed by atoms with Crippen molar-refractivity contribution in [1.29, 1.82) is 0 Å². The molecule has 106 valence electrons. The van der Waals surface area contributed by atoms with Crippen molar-refractivity contribution in [2.75, 3.05) is 17.7 Å². The zero-order valence-corrected chi connectivity index (χ0v) is 12.5. The van der Waals surface area contributed by atoms with Gasteiger partial charge < -0.3 is 10.6 Å². The van der Waals surface area contributed by atoms with Crippen molar-refractivity contribution < 1.29 is 0 Å². The van der Waals surface area contributed by atoms with E-state index in [1.165, 1.54) is 24.8 Å². The third-order valence-corrected chi connectivity index (χ3v) is 4.61. The molecule has 0 spiro atoms. The molecule has 0 aliphatic heterocycles. The number of hydrogen-bond donors (Lipinski definition) is 2. The fourth-order valence-corrected chi connectivity index (χ4v) is 3.29. The van der Waals surface area contributed by atoms with E-state index in [0.717, 1.165) is 29.9 Å². The molecular weight excluding hydrogens is 236 g/mol. The SMILES string of the molecule is CCc1c(NC)ncnc1NC1CCC(CC)C1C. The Balaban J connectivity index is 2.15. The number of hydrogen-bond acceptors (Lipinski definition) is 4. The number of anilines is 2. The van der Waals surface area contributed by atoms with Gasteiger partial charge in [0, 0.05) is 18.7 Å². The maximum atomic E-state index is 4.44. The van der Waals surface area contributed by atoms with Crippen molar-refractivity contribution >= 4 is 11.6 Å². The van der Waals surface area contributed by atoms with Crippen LogP contribution in [0.15, 0.2) is 6.33 Å². The van der Waals surface area contributed by atoms with E-state index in [-0.39, 0.29) is 0 Å². The molecule has 1 aromatic rings.